The van der Waals surface area contributed by atoms with Crippen molar-refractivity contribution in [3.8, 4) is 0 Å². The van der Waals surface area contributed by atoms with E-state index < -0.39 is 10.8 Å². The highest BCUT2D eigenvalue weighted by molar-refractivity contribution is 7.91. The minimum atomic E-state index is -1.31. The molecule has 1 saturated carbocycles. The quantitative estimate of drug-likeness (QED) is 0.800. The molecule has 3 rings (SSSR count). The molecule has 0 bridgehead atoms. The van der Waals surface area contributed by atoms with Gasteiger partial charge in [-0.25, -0.2) is 0 Å². The number of benzene rings is 1. The molecule has 2 aliphatic carbocycles. The van der Waals surface area contributed by atoms with E-state index in [2.05, 4.69) is 0 Å². The van der Waals surface area contributed by atoms with Crippen LogP contribution in [0.3, 0.4) is 0 Å². The lowest BCUT2D eigenvalue weighted by Gasteiger charge is -2.13. The topological polar surface area (TPSA) is 51.2 Å². The molecule has 1 atom stereocenters. The first-order chi connectivity index (χ1) is 8.18. The predicted molar refractivity (Wildman–Crippen MR) is 64.4 cm³/mol. The number of allylic oxidation sites excluding steroid dienone is 2. The van der Waals surface area contributed by atoms with E-state index in [0.29, 0.717) is 11.1 Å². The van der Waals surface area contributed by atoms with Crippen molar-refractivity contribution < 1.29 is 13.8 Å². The molecule has 2 aliphatic rings. The average molecular weight is 246 g/mol. The molecule has 3 nitrogen and oxygen atoms in total. The van der Waals surface area contributed by atoms with Crippen LogP contribution in [0.15, 0.2) is 35.2 Å². The Morgan fingerprint density at radius 1 is 1.06 bits per heavy atom. The van der Waals surface area contributed by atoms with Gasteiger partial charge >= 0.3 is 0 Å². The van der Waals surface area contributed by atoms with Gasteiger partial charge in [-0.1, -0.05) is 24.3 Å². The molecular formula is C13H10O3S. The van der Waals surface area contributed by atoms with Crippen molar-refractivity contribution in [3.05, 3.63) is 46.4 Å². The van der Waals surface area contributed by atoms with Crippen molar-refractivity contribution in [2.75, 3.05) is 0 Å². The third-order valence-corrected chi connectivity index (χ3v) is 4.78. The van der Waals surface area contributed by atoms with Crippen molar-refractivity contribution in [2.45, 2.75) is 18.1 Å². The summed E-state index contributed by atoms with van der Waals surface area (Å²) in [6.45, 7) is 0. The fourth-order valence-corrected chi connectivity index (χ4v) is 3.34. The van der Waals surface area contributed by atoms with E-state index in [1.807, 2.05) is 0 Å². The molecule has 0 heterocycles. The van der Waals surface area contributed by atoms with Gasteiger partial charge in [0, 0.05) is 22.5 Å². The summed E-state index contributed by atoms with van der Waals surface area (Å²) in [4.78, 5) is 24.1. The summed E-state index contributed by atoms with van der Waals surface area (Å²) < 4.78 is 12.0. The normalized spacial score (nSPS) is 20.8. The Morgan fingerprint density at radius 3 is 2.35 bits per heavy atom. The molecule has 0 radical (unpaired) electrons. The third kappa shape index (κ3) is 1.69. The van der Waals surface area contributed by atoms with Crippen molar-refractivity contribution in [1.29, 1.82) is 0 Å². The molecule has 0 aliphatic heterocycles. The van der Waals surface area contributed by atoms with Crippen molar-refractivity contribution in [2.24, 2.45) is 0 Å². The number of carbonyl (C=O) groups is 2. The number of Topliss-reactive ketones (excluding diaryl/α,β-unsaturated/α-hetero) is 1. The predicted octanol–water partition coefficient (Wildman–Crippen LogP) is 1.86. The summed E-state index contributed by atoms with van der Waals surface area (Å²) in [5, 5.41) is 0.0725. The number of carbonyl (C=O) groups excluding carboxylic acids is 2. The van der Waals surface area contributed by atoms with Gasteiger partial charge in [0.05, 0.1) is 15.7 Å². The van der Waals surface area contributed by atoms with Crippen LogP contribution in [0.4, 0.5) is 0 Å². The second kappa shape index (κ2) is 3.74. The van der Waals surface area contributed by atoms with E-state index in [1.54, 1.807) is 24.3 Å². The summed E-state index contributed by atoms with van der Waals surface area (Å²) in [6, 6.07) is 6.68. The van der Waals surface area contributed by atoms with Crippen LogP contribution in [0.25, 0.3) is 0 Å². The molecule has 86 valence electrons. The fourth-order valence-electron chi connectivity index (χ4n) is 1.90. The maximum atomic E-state index is 12.1. The zero-order valence-electron chi connectivity index (χ0n) is 9.01. The SMILES string of the molecule is O=C1C=C(S(=O)C2CC2)C(=O)c2ccccc21. The molecule has 0 saturated heterocycles. The van der Waals surface area contributed by atoms with Crippen LogP contribution in [0.5, 0.6) is 0 Å². The van der Waals surface area contributed by atoms with Crippen LogP contribution in [0.2, 0.25) is 0 Å². The summed E-state index contributed by atoms with van der Waals surface area (Å²) in [7, 11) is -1.31. The molecular weight excluding hydrogens is 236 g/mol. The molecule has 0 spiro atoms. The van der Waals surface area contributed by atoms with E-state index in [0.717, 1.165) is 12.8 Å². The Labute approximate surface area is 101 Å². The Morgan fingerprint density at radius 2 is 1.71 bits per heavy atom. The summed E-state index contributed by atoms with van der Waals surface area (Å²) in [5.41, 5.74) is 0.790. The average Bonchev–Trinajstić information content (AvgIpc) is 3.17. The Kier molecular flexibility index (Phi) is 2.33. The van der Waals surface area contributed by atoms with E-state index in [-0.39, 0.29) is 21.7 Å². The summed E-state index contributed by atoms with van der Waals surface area (Å²) in [5.74, 6) is -0.477. The molecule has 1 unspecified atom stereocenters. The second-order valence-electron chi connectivity index (χ2n) is 4.24. The zero-order chi connectivity index (χ0) is 12.0. The van der Waals surface area contributed by atoms with Gasteiger partial charge in [-0.3, -0.25) is 13.8 Å². The number of rotatable bonds is 2. The van der Waals surface area contributed by atoms with E-state index in [4.69, 9.17) is 0 Å². The van der Waals surface area contributed by atoms with Gasteiger partial charge in [0.25, 0.3) is 0 Å². The van der Waals surface area contributed by atoms with Gasteiger partial charge in [0.2, 0.25) is 5.78 Å². The standard InChI is InChI=1S/C13H10O3S/c14-11-7-12(17(16)8-5-6-8)13(15)10-4-2-1-3-9(10)11/h1-4,7-8H,5-6H2. The van der Waals surface area contributed by atoms with Crippen LogP contribution in [-0.2, 0) is 10.8 Å². The first-order valence-corrected chi connectivity index (χ1v) is 6.70. The number of hydrogen-bond acceptors (Lipinski definition) is 3. The molecule has 1 aromatic rings. The molecule has 17 heavy (non-hydrogen) atoms. The Hall–Kier alpha value is -1.55. The molecule has 4 heteroatoms. The van der Waals surface area contributed by atoms with Gasteiger partial charge < -0.3 is 0 Å². The number of fused-ring (bicyclic) bond motifs is 1. The minimum Gasteiger partial charge on any atom is -0.289 e. The van der Waals surface area contributed by atoms with Crippen LogP contribution >= 0.6 is 0 Å². The van der Waals surface area contributed by atoms with Crippen LogP contribution in [0, 0.1) is 0 Å². The fraction of sp³-hybridized carbons (Fsp3) is 0.231. The van der Waals surface area contributed by atoms with Gasteiger partial charge in [0.15, 0.2) is 5.78 Å². The first kappa shape index (κ1) is 10.6. The lowest BCUT2D eigenvalue weighted by atomic mass is 9.95. The molecule has 0 aromatic heterocycles. The molecule has 0 amide bonds. The Bertz CT molecular complexity index is 582. The third-order valence-electron chi connectivity index (χ3n) is 2.97. The van der Waals surface area contributed by atoms with E-state index in [9.17, 15) is 13.8 Å². The monoisotopic (exact) mass is 246 g/mol. The Balaban J connectivity index is 2.07. The van der Waals surface area contributed by atoms with Crippen molar-refractivity contribution in [3.63, 3.8) is 0 Å². The van der Waals surface area contributed by atoms with Gasteiger partial charge in [-0.05, 0) is 12.8 Å². The smallest absolute Gasteiger partial charge is 0.202 e. The molecule has 1 aromatic carbocycles. The van der Waals surface area contributed by atoms with Crippen LogP contribution in [-0.4, -0.2) is 21.0 Å². The first-order valence-electron chi connectivity index (χ1n) is 5.49. The second-order valence-corrected chi connectivity index (χ2v) is 5.95. The van der Waals surface area contributed by atoms with Gasteiger partial charge in [0.1, 0.15) is 0 Å². The maximum Gasteiger partial charge on any atom is 0.202 e. The van der Waals surface area contributed by atoms with Gasteiger partial charge in [-0.2, -0.15) is 0 Å². The maximum absolute atomic E-state index is 12.1. The minimum absolute atomic E-state index is 0.0725. The molecule has 1 fully saturated rings. The highest BCUT2D eigenvalue weighted by Crippen LogP contribution is 2.33. The van der Waals surface area contributed by atoms with Crippen LogP contribution < -0.4 is 0 Å². The summed E-state index contributed by atoms with van der Waals surface area (Å²) in [6.07, 6.45) is 3.01. The van der Waals surface area contributed by atoms with Crippen LogP contribution in [0.1, 0.15) is 33.6 Å². The van der Waals surface area contributed by atoms with Gasteiger partial charge in [-0.15, -0.1) is 0 Å². The van der Waals surface area contributed by atoms with Crippen molar-refractivity contribution in [1.82, 2.24) is 0 Å². The zero-order valence-corrected chi connectivity index (χ0v) is 9.83. The largest absolute Gasteiger partial charge is 0.289 e. The lowest BCUT2D eigenvalue weighted by molar-refractivity contribution is 0.0990. The molecule has 0 N–H and O–H groups in total. The highest BCUT2D eigenvalue weighted by atomic mass is 32.2. The number of hydrogen-bond donors (Lipinski definition) is 0. The van der Waals surface area contributed by atoms with E-state index in [1.165, 1.54) is 6.08 Å². The summed E-state index contributed by atoms with van der Waals surface area (Å²) >= 11 is 0. The van der Waals surface area contributed by atoms with E-state index >= 15 is 0 Å². The number of ketones is 2. The lowest BCUT2D eigenvalue weighted by Crippen LogP contribution is -2.20. The van der Waals surface area contributed by atoms with Crippen molar-refractivity contribution >= 4 is 22.4 Å². The highest BCUT2D eigenvalue weighted by Gasteiger charge is 2.36.